The average Bonchev–Trinajstić information content (AvgIpc) is 3.40. The lowest BCUT2D eigenvalue weighted by Crippen LogP contribution is -2.20. The highest BCUT2D eigenvalue weighted by atomic mass is 31.1. The summed E-state index contributed by atoms with van der Waals surface area (Å²) in [5.41, 5.74) is 9.54. The summed E-state index contributed by atoms with van der Waals surface area (Å²) in [5, 5.41) is 7.80. The summed E-state index contributed by atoms with van der Waals surface area (Å²) in [5.74, 6) is 28.1. The molecule has 9 rings (SSSR count). The Bertz CT molecular complexity index is 3210. The molecule has 0 aromatic heterocycles. The van der Waals surface area contributed by atoms with E-state index in [1.165, 1.54) is 43.0 Å². The maximum Gasteiger partial charge on any atom is 0.0419 e. The van der Waals surface area contributed by atoms with Crippen LogP contribution in [0, 0.1) is 47.4 Å². The van der Waals surface area contributed by atoms with Gasteiger partial charge >= 0.3 is 0 Å². The molecule has 0 fully saturated rings. The lowest BCUT2D eigenvalue weighted by atomic mass is 9.87. The molecule has 0 unspecified atom stereocenters. The van der Waals surface area contributed by atoms with Crippen LogP contribution >= 0.6 is 15.8 Å². The molecule has 0 bridgehead atoms. The predicted octanol–water partition coefficient (Wildman–Crippen LogP) is 13.4. The molecule has 0 saturated heterocycles. The van der Waals surface area contributed by atoms with E-state index in [0.717, 1.165) is 44.5 Å². The predicted molar refractivity (Wildman–Crippen MR) is 311 cm³/mol. The smallest absolute Gasteiger partial charge is 0.0419 e. The van der Waals surface area contributed by atoms with Crippen LogP contribution in [0.4, 0.5) is 0 Å². The molecule has 346 valence electrons. The van der Waals surface area contributed by atoms with E-state index >= 15 is 0 Å². The highest BCUT2D eigenvalue weighted by Gasteiger charge is 2.18. The summed E-state index contributed by atoms with van der Waals surface area (Å²) in [6.45, 7) is 13.4. The Labute approximate surface area is 431 Å². The van der Waals surface area contributed by atoms with Crippen LogP contribution in [0.1, 0.15) is 97.2 Å². The Kier molecular flexibility index (Phi) is 15.3. The fourth-order valence-corrected chi connectivity index (χ4v) is 12.8. The van der Waals surface area contributed by atoms with Gasteiger partial charge in [-0.05, 0) is 130 Å². The van der Waals surface area contributed by atoms with Gasteiger partial charge in [0.05, 0.1) is 0 Å². The van der Waals surface area contributed by atoms with E-state index in [2.05, 4.69) is 319 Å². The third-order valence-electron chi connectivity index (χ3n) is 12.3. The molecule has 0 aliphatic heterocycles. The van der Waals surface area contributed by atoms with Crippen molar-refractivity contribution in [2.24, 2.45) is 0 Å². The van der Waals surface area contributed by atoms with E-state index in [4.69, 9.17) is 0 Å². The van der Waals surface area contributed by atoms with Crippen molar-refractivity contribution >= 4 is 47.7 Å². The van der Waals surface area contributed by atoms with Crippen LogP contribution in [0.25, 0.3) is 0 Å². The minimum atomic E-state index is -0.731. The highest BCUT2D eigenvalue weighted by Crippen LogP contribution is 2.34. The van der Waals surface area contributed by atoms with Crippen molar-refractivity contribution < 1.29 is 0 Å². The lowest BCUT2D eigenvalue weighted by Gasteiger charge is -2.19. The van der Waals surface area contributed by atoms with Gasteiger partial charge in [0.2, 0.25) is 0 Å². The van der Waals surface area contributed by atoms with Crippen molar-refractivity contribution in [3.8, 4) is 47.4 Å². The quantitative estimate of drug-likeness (QED) is 0.115. The summed E-state index contributed by atoms with van der Waals surface area (Å²) in [7, 11) is -1.46. The zero-order chi connectivity index (χ0) is 49.9. The fourth-order valence-electron chi connectivity index (χ4n) is 8.27. The van der Waals surface area contributed by atoms with Crippen LogP contribution in [0.2, 0.25) is 0 Å². The van der Waals surface area contributed by atoms with Crippen LogP contribution in [0.3, 0.4) is 0 Å². The second kappa shape index (κ2) is 22.4. The van der Waals surface area contributed by atoms with Crippen LogP contribution in [-0.2, 0) is 10.8 Å². The van der Waals surface area contributed by atoms with Gasteiger partial charge in [-0.1, -0.05) is 259 Å². The molecule has 0 heterocycles. The topological polar surface area (TPSA) is 0 Å². The first-order chi connectivity index (χ1) is 34.9. The Morgan fingerprint density at radius 2 is 0.444 bits per heavy atom. The number of rotatable bonds is 6. The summed E-state index contributed by atoms with van der Waals surface area (Å²) >= 11 is 0. The Morgan fingerprint density at radius 3 is 0.667 bits per heavy atom. The first-order valence-corrected chi connectivity index (χ1v) is 27.1. The monoisotopic (exact) mass is 958 g/mol. The number of hydrogen-bond donors (Lipinski definition) is 0. The second-order valence-corrected chi connectivity index (χ2v) is 24.1. The van der Waals surface area contributed by atoms with Gasteiger partial charge in [-0.2, -0.15) is 0 Å². The molecular weight excluding hydrogens is 903 g/mol. The molecule has 0 aliphatic carbocycles. The average molecular weight is 959 g/mol. The van der Waals surface area contributed by atoms with Crippen molar-refractivity contribution in [2.45, 2.75) is 52.4 Å². The van der Waals surface area contributed by atoms with Crippen molar-refractivity contribution in [1.29, 1.82) is 0 Å². The molecule has 0 amide bonds. The number of hydrogen-bond acceptors (Lipinski definition) is 0. The standard InChI is InChI=1S/C70H56P2/c1-69(2,3)61-43-31-53(32-44-61)27-39-57-51-60(42-30-56-37-49-68(50-38-56)72(65-23-15-9-16-24-65)66-25-17-10-18-26-66)58(40-28-54-33-45-62(46-34-54)70(4,5)6)52-59(57)41-29-55-35-47-67(48-36-55)71(63-19-11-7-12-20-63)64-21-13-8-14-22-64/h7-26,31-38,43-52H,1-6H3. The van der Waals surface area contributed by atoms with Crippen LogP contribution < -0.4 is 31.8 Å². The van der Waals surface area contributed by atoms with Gasteiger partial charge in [0.25, 0.3) is 0 Å². The van der Waals surface area contributed by atoms with Gasteiger partial charge in [-0.15, -0.1) is 0 Å². The molecule has 9 aromatic carbocycles. The zero-order valence-electron chi connectivity index (χ0n) is 41.8. The molecular formula is C70H56P2. The molecule has 2 heteroatoms. The highest BCUT2D eigenvalue weighted by molar-refractivity contribution is 7.80. The molecule has 72 heavy (non-hydrogen) atoms. The van der Waals surface area contributed by atoms with Gasteiger partial charge in [-0.3, -0.25) is 0 Å². The van der Waals surface area contributed by atoms with E-state index in [1.807, 2.05) is 0 Å². The number of benzene rings is 9. The van der Waals surface area contributed by atoms with Gasteiger partial charge in [0.15, 0.2) is 0 Å². The Balaban J connectivity index is 1.13. The normalized spacial score (nSPS) is 11.0. The molecule has 0 nitrogen and oxygen atoms in total. The SMILES string of the molecule is CC(C)(C)c1ccc(C#Cc2cc(C#Cc3ccc(P(c4ccccc4)c4ccccc4)cc3)c(C#Cc3ccc(C(C)(C)C)cc3)cc2C#Cc2ccc(P(c3ccccc3)c3ccccc3)cc2)cc1. The van der Waals surface area contributed by atoms with Gasteiger partial charge in [0.1, 0.15) is 0 Å². The van der Waals surface area contributed by atoms with Crippen LogP contribution in [0.15, 0.2) is 231 Å². The third-order valence-corrected chi connectivity index (χ3v) is 17.2. The van der Waals surface area contributed by atoms with E-state index in [0.29, 0.717) is 0 Å². The van der Waals surface area contributed by atoms with Crippen molar-refractivity contribution in [1.82, 2.24) is 0 Å². The first kappa shape index (κ1) is 49.1. The molecule has 9 aromatic rings. The third kappa shape index (κ3) is 12.5. The molecule has 0 spiro atoms. The Hall–Kier alpha value is -7.92. The van der Waals surface area contributed by atoms with Crippen LogP contribution in [0.5, 0.6) is 0 Å². The van der Waals surface area contributed by atoms with Crippen LogP contribution in [-0.4, -0.2) is 0 Å². The van der Waals surface area contributed by atoms with Gasteiger partial charge < -0.3 is 0 Å². The van der Waals surface area contributed by atoms with Gasteiger partial charge in [-0.25, -0.2) is 0 Å². The van der Waals surface area contributed by atoms with Crippen molar-refractivity contribution in [3.63, 3.8) is 0 Å². The molecule has 0 radical (unpaired) electrons. The van der Waals surface area contributed by atoms with Gasteiger partial charge in [0, 0.05) is 44.5 Å². The van der Waals surface area contributed by atoms with E-state index in [1.54, 1.807) is 0 Å². The van der Waals surface area contributed by atoms with Crippen molar-refractivity contribution in [3.05, 3.63) is 286 Å². The minimum absolute atomic E-state index is 0.0454. The zero-order valence-corrected chi connectivity index (χ0v) is 43.6. The van der Waals surface area contributed by atoms with Crippen molar-refractivity contribution in [2.75, 3.05) is 0 Å². The molecule has 0 atom stereocenters. The first-order valence-electron chi connectivity index (χ1n) is 24.4. The molecule has 0 aliphatic rings. The summed E-state index contributed by atoms with van der Waals surface area (Å²) in [4.78, 5) is 0. The lowest BCUT2D eigenvalue weighted by molar-refractivity contribution is 0.590. The summed E-state index contributed by atoms with van der Waals surface area (Å²) in [6, 6.07) is 81.9. The maximum atomic E-state index is 3.55. The molecule has 0 saturated carbocycles. The van der Waals surface area contributed by atoms with E-state index < -0.39 is 15.8 Å². The Morgan fingerprint density at radius 1 is 0.236 bits per heavy atom. The summed E-state index contributed by atoms with van der Waals surface area (Å²) < 4.78 is 0. The van der Waals surface area contributed by atoms with E-state index in [-0.39, 0.29) is 10.8 Å². The fraction of sp³-hybridized carbons (Fsp3) is 0.114. The second-order valence-electron chi connectivity index (χ2n) is 19.7. The maximum absolute atomic E-state index is 3.55. The van der Waals surface area contributed by atoms with E-state index in [9.17, 15) is 0 Å². The largest absolute Gasteiger partial charge is 0.0622 e. The minimum Gasteiger partial charge on any atom is -0.0622 e. The summed E-state index contributed by atoms with van der Waals surface area (Å²) in [6.07, 6.45) is 0. The molecule has 0 N–H and O–H groups in total.